The molecule has 0 saturated heterocycles. The van der Waals surface area contributed by atoms with Crippen LogP contribution in [0.25, 0.3) is 5.69 Å². The summed E-state index contributed by atoms with van der Waals surface area (Å²) in [4.78, 5) is 13.1. The van der Waals surface area contributed by atoms with Gasteiger partial charge in [-0.1, -0.05) is 18.2 Å². The van der Waals surface area contributed by atoms with Gasteiger partial charge < -0.3 is 10.1 Å². The molecule has 156 valence electrons. The van der Waals surface area contributed by atoms with Crippen molar-refractivity contribution in [3.8, 4) is 11.4 Å². The highest BCUT2D eigenvalue weighted by molar-refractivity contribution is 7.90. The molecule has 0 atom stereocenters. The Morgan fingerprint density at radius 2 is 1.90 bits per heavy atom. The van der Waals surface area contributed by atoms with Crippen LogP contribution in [0.4, 0.5) is 5.82 Å². The van der Waals surface area contributed by atoms with Gasteiger partial charge in [-0.15, -0.1) is 0 Å². The third-order valence-corrected chi connectivity index (χ3v) is 6.63. The fourth-order valence-electron chi connectivity index (χ4n) is 3.53. The van der Waals surface area contributed by atoms with Crippen molar-refractivity contribution in [2.45, 2.75) is 32.3 Å². The van der Waals surface area contributed by atoms with E-state index in [0.29, 0.717) is 35.0 Å². The first-order valence-electron chi connectivity index (χ1n) is 9.71. The Kier molecular flexibility index (Phi) is 5.11. The molecule has 7 nitrogen and oxygen atoms in total. The number of ether oxygens (including phenoxy) is 1. The number of amides is 1. The molecule has 30 heavy (non-hydrogen) atoms. The van der Waals surface area contributed by atoms with Gasteiger partial charge in [-0.3, -0.25) is 4.79 Å². The molecule has 0 saturated carbocycles. The Hall–Kier alpha value is -3.13. The van der Waals surface area contributed by atoms with Crippen LogP contribution in [0.15, 0.2) is 42.5 Å². The summed E-state index contributed by atoms with van der Waals surface area (Å²) < 4.78 is 31.5. The minimum Gasteiger partial charge on any atom is -0.493 e. The molecule has 0 bridgehead atoms. The van der Waals surface area contributed by atoms with E-state index in [2.05, 4.69) is 10.4 Å². The highest BCUT2D eigenvalue weighted by Gasteiger charge is 2.33. The van der Waals surface area contributed by atoms with Gasteiger partial charge in [0.2, 0.25) is 0 Å². The van der Waals surface area contributed by atoms with Crippen molar-refractivity contribution in [1.29, 1.82) is 0 Å². The zero-order chi connectivity index (χ0) is 21.5. The first-order chi connectivity index (χ1) is 14.3. The summed E-state index contributed by atoms with van der Waals surface area (Å²) in [5.74, 6) is 0.204. The molecule has 0 radical (unpaired) electrons. The lowest BCUT2D eigenvalue weighted by molar-refractivity contribution is 0.102. The number of sulfone groups is 1. The van der Waals surface area contributed by atoms with Crippen LogP contribution in [0.2, 0.25) is 0 Å². The van der Waals surface area contributed by atoms with Gasteiger partial charge in [0.25, 0.3) is 5.91 Å². The Balaban J connectivity index is 1.79. The second-order valence-electron chi connectivity index (χ2n) is 7.37. The highest BCUT2D eigenvalue weighted by Crippen LogP contribution is 2.34. The second kappa shape index (κ2) is 7.60. The number of nitrogens with one attached hydrogen (secondary N) is 1. The number of para-hydroxylation sites is 1. The number of aryl methyl sites for hydroxylation is 2. The lowest BCUT2D eigenvalue weighted by Crippen LogP contribution is -2.18. The van der Waals surface area contributed by atoms with Crippen molar-refractivity contribution < 1.29 is 17.9 Å². The van der Waals surface area contributed by atoms with Crippen LogP contribution in [0.3, 0.4) is 0 Å². The Labute approximate surface area is 175 Å². The zero-order valence-corrected chi connectivity index (χ0v) is 17.9. The molecule has 2 aromatic carbocycles. The molecular formula is C22H23N3O4S. The van der Waals surface area contributed by atoms with Crippen LogP contribution in [0.1, 0.15) is 39.7 Å². The molecular weight excluding hydrogens is 402 g/mol. The van der Waals surface area contributed by atoms with Crippen molar-refractivity contribution in [3.63, 3.8) is 0 Å². The molecule has 1 aromatic heterocycles. The molecule has 3 aromatic rings. The number of aromatic nitrogens is 2. The number of fused-ring (bicyclic) bond motifs is 1. The maximum absolute atomic E-state index is 13.1. The lowest BCUT2D eigenvalue weighted by Gasteiger charge is -2.14. The second-order valence-corrected chi connectivity index (χ2v) is 9.43. The van der Waals surface area contributed by atoms with Crippen molar-refractivity contribution in [2.75, 3.05) is 11.9 Å². The van der Waals surface area contributed by atoms with Crippen LogP contribution >= 0.6 is 0 Å². The topological polar surface area (TPSA) is 90.3 Å². The number of carbonyl (C=O) groups excluding carboxylic acids is 1. The summed E-state index contributed by atoms with van der Waals surface area (Å²) in [6.07, 6.45) is 0. The number of hydrogen-bond donors (Lipinski definition) is 1. The summed E-state index contributed by atoms with van der Waals surface area (Å²) in [7, 11) is -3.27. The van der Waals surface area contributed by atoms with Gasteiger partial charge in [0.15, 0.2) is 9.84 Å². The van der Waals surface area contributed by atoms with Crippen molar-refractivity contribution in [3.05, 3.63) is 70.4 Å². The Bertz CT molecular complexity index is 1250. The maximum atomic E-state index is 13.1. The summed E-state index contributed by atoms with van der Waals surface area (Å²) >= 11 is 0. The molecule has 1 amide bonds. The van der Waals surface area contributed by atoms with Gasteiger partial charge >= 0.3 is 0 Å². The van der Waals surface area contributed by atoms with E-state index in [1.807, 2.05) is 39.0 Å². The average Bonchev–Trinajstić information content (AvgIpc) is 3.17. The summed E-state index contributed by atoms with van der Waals surface area (Å²) in [6, 6.07) is 12.8. The predicted molar refractivity (Wildman–Crippen MR) is 115 cm³/mol. The van der Waals surface area contributed by atoms with Crippen LogP contribution < -0.4 is 10.1 Å². The molecule has 4 rings (SSSR count). The van der Waals surface area contributed by atoms with Gasteiger partial charge in [0.05, 0.1) is 35.1 Å². The average molecular weight is 426 g/mol. The fourth-order valence-corrected chi connectivity index (χ4v) is 5.02. The van der Waals surface area contributed by atoms with E-state index in [9.17, 15) is 13.2 Å². The molecule has 0 fully saturated rings. The summed E-state index contributed by atoms with van der Waals surface area (Å²) in [6.45, 7) is 6.29. The van der Waals surface area contributed by atoms with E-state index in [1.165, 1.54) is 0 Å². The van der Waals surface area contributed by atoms with Crippen LogP contribution in [0, 0.1) is 13.8 Å². The molecule has 2 heterocycles. The Morgan fingerprint density at radius 3 is 2.63 bits per heavy atom. The molecule has 1 N–H and O–H groups in total. The lowest BCUT2D eigenvalue weighted by atomic mass is 10.1. The van der Waals surface area contributed by atoms with Gasteiger partial charge in [0.1, 0.15) is 11.6 Å². The number of carbonyl (C=O) groups is 1. The third-order valence-electron chi connectivity index (χ3n) is 5.19. The van der Waals surface area contributed by atoms with Crippen LogP contribution in [-0.2, 0) is 21.3 Å². The van der Waals surface area contributed by atoms with Gasteiger partial charge in [-0.2, -0.15) is 5.10 Å². The van der Waals surface area contributed by atoms with E-state index in [-0.39, 0.29) is 17.4 Å². The quantitative estimate of drug-likeness (QED) is 0.675. The smallest absolute Gasteiger partial charge is 0.260 e. The van der Waals surface area contributed by atoms with E-state index in [1.54, 1.807) is 28.9 Å². The van der Waals surface area contributed by atoms with E-state index >= 15 is 0 Å². The fraction of sp³-hybridized carbons (Fsp3) is 0.273. The standard InChI is InChI=1S/C22H23N3O4S/c1-4-29-20-8-6-5-7-17(20)22(26)23-21-18-12-30(27,28)13-19(18)24-25(21)16-10-9-14(2)15(3)11-16/h5-11H,4,12-13H2,1-3H3,(H,23,26). The molecule has 0 unspecified atom stereocenters. The number of rotatable bonds is 5. The summed E-state index contributed by atoms with van der Waals surface area (Å²) in [5, 5.41) is 7.42. The highest BCUT2D eigenvalue weighted by atomic mass is 32.2. The number of anilines is 1. The first-order valence-corrected chi connectivity index (χ1v) is 11.5. The van der Waals surface area contributed by atoms with Crippen LogP contribution in [0.5, 0.6) is 5.75 Å². The van der Waals surface area contributed by atoms with Crippen molar-refractivity contribution in [2.24, 2.45) is 0 Å². The molecule has 0 spiro atoms. The Morgan fingerprint density at radius 1 is 1.13 bits per heavy atom. The molecule has 1 aliphatic heterocycles. The maximum Gasteiger partial charge on any atom is 0.260 e. The third kappa shape index (κ3) is 3.70. The summed E-state index contributed by atoms with van der Waals surface area (Å²) in [5.41, 5.74) is 4.36. The van der Waals surface area contributed by atoms with E-state index < -0.39 is 9.84 Å². The van der Waals surface area contributed by atoms with Crippen molar-refractivity contribution >= 4 is 21.6 Å². The number of benzene rings is 2. The largest absolute Gasteiger partial charge is 0.493 e. The molecule has 1 aliphatic rings. The molecule has 0 aliphatic carbocycles. The van der Waals surface area contributed by atoms with E-state index in [0.717, 1.165) is 16.8 Å². The normalized spacial score (nSPS) is 14.4. The van der Waals surface area contributed by atoms with E-state index in [4.69, 9.17) is 4.74 Å². The number of hydrogen-bond acceptors (Lipinski definition) is 5. The predicted octanol–water partition coefficient (Wildman–Crippen LogP) is 3.57. The van der Waals surface area contributed by atoms with Gasteiger partial charge in [-0.05, 0) is 56.2 Å². The van der Waals surface area contributed by atoms with Gasteiger partial charge in [0, 0.05) is 5.56 Å². The first kappa shape index (κ1) is 20.2. The minimum atomic E-state index is -3.27. The monoisotopic (exact) mass is 425 g/mol. The van der Waals surface area contributed by atoms with Gasteiger partial charge in [-0.25, -0.2) is 13.1 Å². The zero-order valence-electron chi connectivity index (χ0n) is 17.1. The molecule has 8 heteroatoms. The minimum absolute atomic E-state index is 0.126. The number of nitrogens with zero attached hydrogens (tertiary/aromatic N) is 2. The SMILES string of the molecule is CCOc1ccccc1C(=O)Nc1c2c(nn1-c1ccc(C)c(C)c1)CS(=O)(=O)C2. The van der Waals surface area contributed by atoms with Crippen molar-refractivity contribution in [1.82, 2.24) is 9.78 Å². The van der Waals surface area contributed by atoms with Crippen LogP contribution in [-0.4, -0.2) is 30.7 Å².